The molecule has 0 aromatic carbocycles. The minimum absolute atomic E-state index is 0.0778. The maximum atomic E-state index is 9.04. The van der Waals surface area contributed by atoms with Crippen LogP contribution in [0.15, 0.2) is 12.4 Å². The van der Waals surface area contributed by atoms with Crippen molar-refractivity contribution in [3.05, 3.63) is 18.1 Å². The van der Waals surface area contributed by atoms with Crippen LogP contribution in [0.5, 0.6) is 0 Å². The molecule has 1 saturated heterocycles. The van der Waals surface area contributed by atoms with Crippen molar-refractivity contribution in [3.8, 4) is 0 Å². The van der Waals surface area contributed by atoms with Gasteiger partial charge in [-0.1, -0.05) is 0 Å². The SMILES string of the molecule is CC1(C)COCCN1c1cncc(CO)n1. The number of hydrogen-bond donors (Lipinski definition) is 1. The van der Waals surface area contributed by atoms with Gasteiger partial charge in [-0.3, -0.25) is 4.98 Å². The summed E-state index contributed by atoms with van der Waals surface area (Å²) in [4.78, 5) is 10.6. The topological polar surface area (TPSA) is 58.5 Å². The monoisotopic (exact) mass is 223 g/mol. The molecule has 0 radical (unpaired) electrons. The molecule has 2 heterocycles. The molecule has 2 rings (SSSR count). The van der Waals surface area contributed by atoms with Gasteiger partial charge in [-0.25, -0.2) is 4.98 Å². The van der Waals surface area contributed by atoms with Crippen LogP contribution in [-0.2, 0) is 11.3 Å². The average Bonchev–Trinajstić information content (AvgIpc) is 2.28. The van der Waals surface area contributed by atoms with Crippen molar-refractivity contribution >= 4 is 5.82 Å². The van der Waals surface area contributed by atoms with Crippen LogP contribution < -0.4 is 4.90 Å². The van der Waals surface area contributed by atoms with Crippen LogP contribution in [-0.4, -0.2) is 40.4 Å². The molecule has 0 spiro atoms. The summed E-state index contributed by atoms with van der Waals surface area (Å²) in [6.45, 7) is 6.33. The fourth-order valence-corrected chi connectivity index (χ4v) is 1.88. The van der Waals surface area contributed by atoms with Gasteiger partial charge in [0, 0.05) is 6.54 Å². The Kier molecular flexibility index (Phi) is 3.07. The molecule has 1 fully saturated rings. The Balaban J connectivity index is 2.27. The summed E-state index contributed by atoms with van der Waals surface area (Å²) in [7, 11) is 0. The molecule has 1 aromatic rings. The number of hydrogen-bond acceptors (Lipinski definition) is 5. The Bertz CT molecular complexity index is 368. The van der Waals surface area contributed by atoms with Crippen molar-refractivity contribution < 1.29 is 9.84 Å². The fraction of sp³-hybridized carbons (Fsp3) is 0.636. The van der Waals surface area contributed by atoms with Gasteiger partial charge in [-0.2, -0.15) is 0 Å². The number of aliphatic hydroxyl groups excluding tert-OH is 1. The average molecular weight is 223 g/mol. The van der Waals surface area contributed by atoms with Crippen molar-refractivity contribution in [2.75, 3.05) is 24.7 Å². The normalized spacial score (nSPS) is 19.8. The van der Waals surface area contributed by atoms with Crippen molar-refractivity contribution in [3.63, 3.8) is 0 Å². The van der Waals surface area contributed by atoms with Gasteiger partial charge in [0.05, 0.1) is 43.4 Å². The number of nitrogens with zero attached hydrogens (tertiary/aromatic N) is 3. The molecule has 1 aromatic heterocycles. The van der Waals surface area contributed by atoms with Gasteiger partial charge >= 0.3 is 0 Å². The summed E-state index contributed by atoms with van der Waals surface area (Å²) in [6, 6.07) is 0. The summed E-state index contributed by atoms with van der Waals surface area (Å²) < 4.78 is 5.45. The first-order valence-electron chi connectivity index (χ1n) is 5.41. The molecule has 1 N–H and O–H groups in total. The summed E-state index contributed by atoms with van der Waals surface area (Å²) in [5.41, 5.74) is 0.515. The Morgan fingerprint density at radius 3 is 3.00 bits per heavy atom. The van der Waals surface area contributed by atoms with Crippen LogP contribution >= 0.6 is 0 Å². The van der Waals surface area contributed by atoms with E-state index in [0.29, 0.717) is 18.9 Å². The highest BCUT2D eigenvalue weighted by Crippen LogP contribution is 2.24. The molecular formula is C11H17N3O2. The van der Waals surface area contributed by atoms with E-state index in [1.54, 1.807) is 12.4 Å². The van der Waals surface area contributed by atoms with Crippen LogP contribution in [0.2, 0.25) is 0 Å². The highest BCUT2D eigenvalue weighted by molar-refractivity contribution is 5.40. The third-order valence-corrected chi connectivity index (χ3v) is 2.76. The molecule has 0 atom stereocenters. The van der Waals surface area contributed by atoms with Gasteiger partial charge in [-0.15, -0.1) is 0 Å². The van der Waals surface area contributed by atoms with Gasteiger partial charge in [0.25, 0.3) is 0 Å². The molecule has 0 bridgehead atoms. The second-order valence-electron chi connectivity index (χ2n) is 4.54. The van der Waals surface area contributed by atoms with Crippen molar-refractivity contribution in [2.24, 2.45) is 0 Å². The number of aliphatic hydroxyl groups is 1. The quantitative estimate of drug-likeness (QED) is 0.795. The first-order valence-corrected chi connectivity index (χ1v) is 5.41. The Hall–Kier alpha value is -1.20. The van der Waals surface area contributed by atoms with Crippen molar-refractivity contribution in [2.45, 2.75) is 26.0 Å². The third kappa shape index (κ3) is 2.15. The van der Waals surface area contributed by atoms with Crippen molar-refractivity contribution in [1.29, 1.82) is 0 Å². The van der Waals surface area contributed by atoms with Gasteiger partial charge in [0.15, 0.2) is 0 Å². The zero-order valence-electron chi connectivity index (χ0n) is 9.68. The molecule has 0 amide bonds. The number of anilines is 1. The van der Waals surface area contributed by atoms with Crippen LogP contribution in [0, 0.1) is 0 Å². The largest absolute Gasteiger partial charge is 0.390 e. The lowest BCUT2D eigenvalue weighted by Gasteiger charge is -2.42. The Morgan fingerprint density at radius 1 is 1.50 bits per heavy atom. The Labute approximate surface area is 95.1 Å². The van der Waals surface area contributed by atoms with E-state index in [9.17, 15) is 0 Å². The molecule has 16 heavy (non-hydrogen) atoms. The lowest BCUT2D eigenvalue weighted by molar-refractivity contribution is 0.0638. The second kappa shape index (κ2) is 4.35. The zero-order valence-corrected chi connectivity index (χ0v) is 9.68. The predicted octanol–water partition coefficient (Wildman–Crippen LogP) is 0.584. The van der Waals surface area contributed by atoms with Crippen LogP contribution in [0.1, 0.15) is 19.5 Å². The van der Waals surface area contributed by atoms with E-state index in [1.165, 1.54) is 0 Å². The van der Waals surface area contributed by atoms with Crippen LogP contribution in [0.3, 0.4) is 0 Å². The van der Waals surface area contributed by atoms with Gasteiger partial charge < -0.3 is 14.7 Å². The molecule has 0 saturated carbocycles. The number of rotatable bonds is 2. The number of morpholine rings is 1. The van der Waals surface area contributed by atoms with Crippen LogP contribution in [0.25, 0.3) is 0 Å². The van der Waals surface area contributed by atoms with Crippen molar-refractivity contribution in [1.82, 2.24) is 9.97 Å². The van der Waals surface area contributed by atoms with Gasteiger partial charge in [0.1, 0.15) is 5.82 Å². The first kappa shape index (κ1) is 11.3. The molecule has 1 aliphatic rings. The highest BCUT2D eigenvalue weighted by Gasteiger charge is 2.31. The summed E-state index contributed by atoms with van der Waals surface area (Å²) in [5, 5.41) is 9.04. The Morgan fingerprint density at radius 2 is 2.31 bits per heavy atom. The predicted molar refractivity (Wildman–Crippen MR) is 60.2 cm³/mol. The van der Waals surface area contributed by atoms with E-state index >= 15 is 0 Å². The standard InChI is InChI=1S/C11H17N3O2/c1-11(2)8-16-4-3-14(11)10-6-12-5-9(7-15)13-10/h5-6,15H,3-4,7-8H2,1-2H3. The number of ether oxygens (including phenoxy) is 1. The smallest absolute Gasteiger partial charge is 0.148 e. The van der Waals surface area contributed by atoms with E-state index in [-0.39, 0.29) is 12.1 Å². The lowest BCUT2D eigenvalue weighted by Crippen LogP contribution is -2.53. The molecule has 0 unspecified atom stereocenters. The van der Waals surface area contributed by atoms with E-state index in [0.717, 1.165) is 12.4 Å². The maximum Gasteiger partial charge on any atom is 0.148 e. The van der Waals surface area contributed by atoms with E-state index < -0.39 is 0 Å². The molecule has 5 nitrogen and oxygen atoms in total. The molecule has 88 valence electrons. The molecule has 0 aliphatic carbocycles. The van der Waals surface area contributed by atoms with E-state index in [1.807, 2.05) is 0 Å². The van der Waals surface area contributed by atoms with E-state index in [2.05, 4.69) is 28.7 Å². The molecule has 1 aliphatic heterocycles. The minimum atomic E-state index is -0.0823. The maximum absolute atomic E-state index is 9.04. The molecule has 5 heteroatoms. The minimum Gasteiger partial charge on any atom is -0.390 e. The van der Waals surface area contributed by atoms with Gasteiger partial charge in [-0.05, 0) is 13.8 Å². The van der Waals surface area contributed by atoms with E-state index in [4.69, 9.17) is 9.84 Å². The lowest BCUT2D eigenvalue weighted by atomic mass is 10.0. The van der Waals surface area contributed by atoms with Gasteiger partial charge in [0.2, 0.25) is 0 Å². The molecular weight excluding hydrogens is 206 g/mol. The highest BCUT2D eigenvalue weighted by atomic mass is 16.5. The summed E-state index contributed by atoms with van der Waals surface area (Å²) in [6.07, 6.45) is 3.31. The third-order valence-electron chi connectivity index (χ3n) is 2.76. The fourth-order valence-electron chi connectivity index (χ4n) is 1.88. The summed E-state index contributed by atoms with van der Waals surface area (Å²) in [5.74, 6) is 0.805. The van der Waals surface area contributed by atoms with Crippen LogP contribution in [0.4, 0.5) is 5.82 Å². The number of aromatic nitrogens is 2. The second-order valence-corrected chi connectivity index (χ2v) is 4.54. The summed E-state index contributed by atoms with van der Waals surface area (Å²) >= 11 is 0. The zero-order chi connectivity index (χ0) is 11.6. The first-order chi connectivity index (χ1) is 7.63.